The lowest BCUT2D eigenvalue weighted by Gasteiger charge is -2.38. The van der Waals surface area contributed by atoms with Crippen LogP contribution in [-0.2, 0) is 16.8 Å². The molecule has 0 amide bonds. The van der Waals surface area contributed by atoms with Crippen molar-refractivity contribution >= 4 is 17.3 Å². The number of aliphatic carboxylic acids is 1. The van der Waals surface area contributed by atoms with E-state index in [4.69, 9.17) is 14.6 Å². The fourth-order valence-electron chi connectivity index (χ4n) is 4.57. The number of nitrogens with zero attached hydrogens (tertiary/aromatic N) is 1. The molecule has 1 spiro atoms. The number of rotatable bonds is 7. The summed E-state index contributed by atoms with van der Waals surface area (Å²) >= 11 is 1.79. The second-order valence-electron chi connectivity index (χ2n) is 8.62. The van der Waals surface area contributed by atoms with Crippen LogP contribution < -0.4 is 9.47 Å². The van der Waals surface area contributed by atoms with Crippen LogP contribution >= 0.6 is 11.3 Å². The molecular formula is C23H27NO4S. The molecule has 0 bridgehead atoms. The second-order valence-corrected chi connectivity index (χ2v) is 9.62. The Bertz CT molecular complexity index is 896. The fourth-order valence-corrected chi connectivity index (χ4v) is 5.45. The molecule has 154 valence electrons. The summed E-state index contributed by atoms with van der Waals surface area (Å²) in [4.78, 5) is 14.3. The van der Waals surface area contributed by atoms with Gasteiger partial charge in [0.05, 0.1) is 13.0 Å². The van der Waals surface area contributed by atoms with Crippen molar-refractivity contribution in [3.05, 3.63) is 45.6 Å². The molecule has 1 aromatic carbocycles. The molecule has 2 aliphatic heterocycles. The number of carboxylic acids is 1. The first-order valence-electron chi connectivity index (χ1n) is 10.5. The number of thiophene rings is 1. The highest BCUT2D eigenvalue weighted by Crippen LogP contribution is 2.47. The minimum atomic E-state index is -0.723. The summed E-state index contributed by atoms with van der Waals surface area (Å²) in [6.45, 7) is 3.82. The highest BCUT2D eigenvalue weighted by atomic mass is 32.1. The zero-order valence-electron chi connectivity index (χ0n) is 16.6. The number of carbonyl (C=O) groups is 1. The summed E-state index contributed by atoms with van der Waals surface area (Å²) in [6, 6.07) is 8.58. The Labute approximate surface area is 175 Å². The van der Waals surface area contributed by atoms with E-state index in [-0.39, 0.29) is 11.8 Å². The topological polar surface area (TPSA) is 59.0 Å². The van der Waals surface area contributed by atoms with Gasteiger partial charge in [0.2, 0.25) is 0 Å². The van der Waals surface area contributed by atoms with E-state index in [1.807, 2.05) is 6.07 Å². The highest BCUT2D eigenvalue weighted by Gasteiger charge is 2.43. The molecule has 2 fully saturated rings. The average molecular weight is 414 g/mol. The monoisotopic (exact) mass is 413 g/mol. The summed E-state index contributed by atoms with van der Waals surface area (Å²) in [5.74, 6) is 1.88. The van der Waals surface area contributed by atoms with Gasteiger partial charge < -0.3 is 19.5 Å². The third-order valence-electron chi connectivity index (χ3n) is 6.59. The van der Waals surface area contributed by atoms with E-state index >= 15 is 0 Å². The summed E-state index contributed by atoms with van der Waals surface area (Å²) in [7, 11) is 0. The van der Waals surface area contributed by atoms with Gasteiger partial charge in [-0.3, -0.25) is 4.79 Å². The van der Waals surface area contributed by atoms with E-state index in [2.05, 4.69) is 28.5 Å². The van der Waals surface area contributed by atoms with Crippen LogP contribution in [0.25, 0.3) is 0 Å². The number of carboxylic acid groups (broad SMARTS) is 1. The molecule has 1 aromatic heterocycles. The zero-order chi connectivity index (χ0) is 19.8. The van der Waals surface area contributed by atoms with Gasteiger partial charge in [-0.1, -0.05) is 6.07 Å². The van der Waals surface area contributed by atoms with Crippen LogP contribution in [0.15, 0.2) is 29.6 Å². The molecule has 0 unspecified atom stereocenters. The lowest BCUT2D eigenvalue weighted by Crippen LogP contribution is -2.44. The quantitative estimate of drug-likeness (QED) is 0.729. The van der Waals surface area contributed by atoms with E-state index in [9.17, 15) is 4.79 Å². The number of hydrogen-bond donors (Lipinski definition) is 1. The van der Waals surface area contributed by atoms with Gasteiger partial charge in [-0.2, -0.15) is 0 Å². The molecule has 29 heavy (non-hydrogen) atoms. The van der Waals surface area contributed by atoms with Crippen LogP contribution in [0.2, 0.25) is 0 Å². The van der Waals surface area contributed by atoms with Crippen molar-refractivity contribution in [2.45, 2.75) is 50.0 Å². The molecule has 1 N–H and O–H groups in total. The van der Waals surface area contributed by atoms with E-state index in [1.165, 1.54) is 28.8 Å². The Morgan fingerprint density at radius 1 is 1.28 bits per heavy atom. The molecule has 3 heterocycles. The fraction of sp³-hybridized carbons (Fsp3) is 0.522. The van der Waals surface area contributed by atoms with Crippen molar-refractivity contribution in [3.63, 3.8) is 0 Å². The van der Waals surface area contributed by atoms with Gasteiger partial charge in [0, 0.05) is 28.5 Å². The van der Waals surface area contributed by atoms with Crippen molar-refractivity contribution in [1.82, 2.24) is 4.90 Å². The Balaban J connectivity index is 1.20. The molecule has 3 aliphatic rings. The number of likely N-dealkylation sites (tertiary alicyclic amines) is 1. The van der Waals surface area contributed by atoms with Crippen LogP contribution in [-0.4, -0.2) is 42.2 Å². The minimum absolute atomic E-state index is 0.0699. The van der Waals surface area contributed by atoms with Gasteiger partial charge in [0.1, 0.15) is 18.1 Å². The summed E-state index contributed by atoms with van der Waals surface area (Å²) in [5.41, 5.74) is 2.83. The molecule has 2 aromatic rings. The Kier molecular flexibility index (Phi) is 5.00. The molecule has 5 nitrogen and oxygen atoms in total. The highest BCUT2D eigenvalue weighted by molar-refractivity contribution is 7.10. The molecule has 0 radical (unpaired) electrons. The molecule has 5 rings (SSSR count). The van der Waals surface area contributed by atoms with Gasteiger partial charge in [0.25, 0.3) is 0 Å². The third-order valence-corrected chi connectivity index (χ3v) is 7.52. The van der Waals surface area contributed by atoms with E-state index in [1.54, 1.807) is 11.3 Å². The van der Waals surface area contributed by atoms with Crippen molar-refractivity contribution in [1.29, 1.82) is 0 Å². The second kappa shape index (κ2) is 7.65. The molecule has 1 saturated heterocycles. The maximum absolute atomic E-state index is 10.8. The number of fused-ring (bicyclic) bond motifs is 2. The first-order valence-corrected chi connectivity index (χ1v) is 11.4. The predicted octanol–water partition coefficient (Wildman–Crippen LogP) is 4.41. The molecular weight excluding hydrogens is 386 g/mol. The predicted molar refractivity (Wildman–Crippen MR) is 112 cm³/mol. The largest absolute Gasteiger partial charge is 0.492 e. The average Bonchev–Trinajstić information content (AvgIpc) is 3.38. The summed E-state index contributed by atoms with van der Waals surface area (Å²) in [6.07, 6.45) is 4.90. The third kappa shape index (κ3) is 4.01. The van der Waals surface area contributed by atoms with Crippen molar-refractivity contribution in [3.8, 4) is 11.5 Å². The Hall–Kier alpha value is -2.05. The minimum Gasteiger partial charge on any atom is -0.492 e. The maximum atomic E-state index is 10.8. The zero-order valence-corrected chi connectivity index (χ0v) is 17.4. The maximum Gasteiger partial charge on any atom is 0.304 e. The van der Waals surface area contributed by atoms with Crippen molar-refractivity contribution in [2.24, 2.45) is 0 Å². The lowest BCUT2D eigenvalue weighted by atomic mass is 9.74. The van der Waals surface area contributed by atoms with Crippen molar-refractivity contribution < 1.29 is 19.4 Å². The summed E-state index contributed by atoms with van der Waals surface area (Å²) < 4.78 is 12.1. The van der Waals surface area contributed by atoms with E-state index in [0.717, 1.165) is 43.3 Å². The Morgan fingerprint density at radius 2 is 2.10 bits per heavy atom. The lowest BCUT2D eigenvalue weighted by molar-refractivity contribution is -0.137. The van der Waals surface area contributed by atoms with Crippen molar-refractivity contribution in [2.75, 3.05) is 26.2 Å². The number of benzene rings is 1. The first-order chi connectivity index (χ1) is 14.1. The van der Waals surface area contributed by atoms with Gasteiger partial charge in [-0.05, 0) is 67.8 Å². The van der Waals surface area contributed by atoms with Gasteiger partial charge in [-0.15, -0.1) is 11.3 Å². The molecule has 6 heteroatoms. The molecule has 1 saturated carbocycles. The van der Waals surface area contributed by atoms with Crippen LogP contribution in [0.4, 0.5) is 0 Å². The van der Waals surface area contributed by atoms with Gasteiger partial charge >= 0.3 is 5.97 Å². The standard InChI is InChI=1S/C23H27NO4S/c25-22(26)5-8-24-9-6-23(7-10-24)15-28-21-12-18(3-4-20(21)23)27-13-19-11-17(14-29-19)16-1-2-16/h3-4,11-12,14,16H,1-2,5-10,13,15H2,(H,25,26). The molecule has 1 aliphatic carbocycles. The Morgan fingerprint density at radius 3 is 2.86 bits per heavy atom. The first kappa shape index (κ1) is 18.9. The van der Waals surface area contributed by atoms with E-state index in [0.29, 0.717) is 19.8 Å². The van der Waals surface area contributed by atoms with Gasteiger partial charge in [-0.25, -0.2) is 0 Å². The number of ether oxygens (including phenoxy) is 2. The molecule has 0 atom stereocenters. The van der Waals surface area contributed by atoms with Crippen LogP contribution in [0.1, 0.15) is 54.0 Å². The van der Waals surface area contributed by atoms with Crippen LogP contribution in [0, 0.1) is 0 Å². The van der Waals surface area contributed by atoms with Crippen LogP contribution in [0.5, 0.6) is 11.5 Å². The smallest absolute Gasteiger partial charge is 0.304 e. The number of hydrogen-bond acceptors (Lipinski definition) is 5. The van der Waals surface area contributed by atoms with Gasteiger partial charge in [0.15, 0.2) is 0 Å². The van der Waals surface area contributed by atoms with E-state index < -0.39 is 5.97 Å². The SMILES string of the molecule is O=C(O)CCN1CCC2(CC1)COc1cc(OCc3cc(C4CC4)cs3)ccc12. The normalized spacial score (nSPS) is 20.4. The number of piperidine rings is 1. The summed E-state index contributed by atoms with van der Waals surface area (Å²) in [5, 5.41) is 11.2. The van der Waals surface area contributed by atoms with Crippen LogP contribution in [0.3, 0.4) is 0 Å².